The zero-order valence-electron chi connectivity index (χ0n) is 13.3. The summed E-state index contributed by atoms with van der Waals surface area (Å²) in [4.78, 5) is 12.9. The van der Waals surface area contributed by atoms with Gasteiger partial charge in [-0.2, -0.15) is 0 Å². The van der Waals surface area contributed by atoms with E-state index in [1.165, 1.54) is 0 Å². The third kappa shape index (κ3) is 3.60. The molecular formula is C18H18N4O2. The number of carboxylic acids is 1. The van der Waals surface area contributed by atoms with Gasteiger partial charge in [-0.15, -0.1) is 5.10 Å². The second-order valence-corrected chi connectivity index (χ2v) is 5.57. The molecule has 0 aliphatic rings. The van der Waals surface area contributed by atoms with Crippen molar-refractivity contribution in [3.63, 3.8) is 0 Å². The second kappa shape index (κ2) is 6.95. The Kier molecular flexibility index (Phi) is 4.56. The fourth-order valence-corrected chi connectivity index (χ4v) is 2.56. The van der Waals surface area contributed by atoms with E-state index in [4.69, 9.17) is 5.11 Å². The van der Waals surface area contributed by atoms with Gasteiger partial charge in [0.05, 0.1) is 30.5 Å². The monoisotopic (exact) mass is 322 g/mol. The Balaban J connectivity index is 1.80. The smallest absolute Gasteiger partial charge is 0.307 e. The third-order valence-electron chi connectivity index (χ3n) is 3.73. The molecule has 2 aromatic carbocycles. The molecule has 0 saturated heterocycles. The van der Waals surface area contributed by atoms with Crippen LogP contribution in [0.2, 0.25) is 0 Å². The SMILES string of the molecule is CN(Cc1cnnn1-c1ccccc1)c1cccc(CC(=O)O)c1. The van der Waals surface area contributed by atoms with Crippen molar-refractivity contribution in [1.82, 2.24) is 15.0 Å². The maximum absolute atomic E-state index is 10.9. The van der Waals surface area contributed by atoms with Crippen molar-refractivity contribution in [2.45, 2.75) is 13.0 Å². The number of hydrogen-bond acceptors (Lipinski definition) is 4. The number of carbonyl (C=O) groups is 1. The topological polar surface area (TPSA) is 71.2 Å². The van der Waals surface area contributed by atoms with Crippen molar-refractivity contribution in [3.8, 4) is 5.69 Å². The maximum atomic E-state index is 10.9. The highest BCUT2D eigenvalue weighted by atomic mass is 16.4. The molecule has 24 heavy (non-hydrogen) atoms. The molecule has 1 heterocycles. The number of carboxylic acid groups (broad SMARTS) is 1. The molecule has 0 unspecified atom stereocenters. The molecule has 0 atom stereocenters. The van der Waals surface area contributed by atoms with E-state index in [1.807, 2.05) is 66.5 Å². The second-order valence-electron chi connectivity index (χ2n) is 5.57. The molecule has 3 rings (SSSR count). The van der Waals surface area contributed by atoms with E-state index in [-0.39, 0.29) is 6.42 Å². The number of nitrogens with zero attached hydrogens (tertiary/aromatic N) is 4. The molecule has 122 valence electrons. The lowest BCUT2D eigenvalue weighted by atomic mass is 10.1. The van der Waals surface area contributed by atoms with E-state index in [1.54, 1.807) is 10.9 Å². The van der Waals surface area contributed by atoms with Crippen molar-refractivity contribution >= 4 is 11.7 Å². The van der Waals surface area contributed by atoms with Crippen molar-refractivity contribution in [2.24, 2.45) is 0 Å². The van der Waals surface area contributed by atoms with E-state index in [2.05, 4.69) is 10.3 Å². The summed E-state index contributed by atoms with van der Waals surface area (Å²) in [5.41, 5.74) is 3.64. The molecule has 0 aliphatic carbocycles. The fraction of sp³-hybridized carbons (Fsp3) is 0.167. The van der Waals surface area contributed by atoms with E-state index >= 15 is 0 Å². The molecule has 0 spiro atoms. The van der Waals surface area contributed by atoms with Gasteiger partial charge >= 0.3 is 5.97 Å². The van der Waals surface area contributed by atoms with Gasteiger partial charge in [-0.05, 0) is 29.8 Å². The first kappa shape index (κ1) is 15.7. The van der Waals surface area contributed by atoms with Crippen LogP contribution in [-0.2, 0) is 17.8 Å². The lowest BCUT2D eigenvalue weighted by molar-refractivity contribution is -0.136. The number of para-hydroxylation sites is 1. The summed E-state index contributed by atoms with van der Waals surface area (Å²) in [6, 6.07) is 17.4. The fourth-order valence-electron chi connectivity index (χ4n) is 2.56. The minimum absolute atomic E-state index is 0.0190. The molecule has 1 N–H and O–H groups in total. The number of anilines is 1. The van der Waals surface area contributed by atoms with Crippen LogP contribution in [0.5, 0.6) is 0 Å². The quantitative estimate of drug-likeness (QED) is 0.755. The van der Waals surface area contributed by atoms with E-state index < -0.39 is 5.97 Å². The van der Waals surface area contributed by atoms with Gasteiger partial charge in [-0.1, -0.05) is 35.5 Å². The number of aromatic nitrogens is 3. The summed E-state index contributed by atoms with van der Waals surface area (Å²) >= 11 is 0. The Labute approximate surface area is 140 Å². The normalized spacial score (nSPS) is 10.5. The molecule has 6 heteroatoms. The zero-order chi connectivity index (χ0) is 16.9. The van der Waals surface area contributed by atoms with Crippen molar-refractivity contribution in [1.29, 1.82) is 0 Å². The summed E-state index contributed by atoms with van der Waals surface area (Å²) in [5.74, 6) is -0.832. The standard InChI is InChI=1S/C18H18N4O2/c1-21(16-9-5-6-14(10-16)11-18(23)24)13-17-12-19-20-22(17)15-7-3-2-4-8-15/h2-10,12H,11,13H2,1H3,(H,23,24). The Morgan fingerprint density at radius 1 is 1.17 bits per heavy atom. The summed E-state index contributed by atoms with van der Waals surface area (Å²) < 4.78 is 1.80. The first-order valence-corrected chi connectivity index (χ1v) is 7.60. The van der Waals surface area contributed by atoms with Crippen molar-refractivity contribution in [3.05, 3.63) is 72.1 Å². The first-order chi connectivity index (χ1) is 11.6. The largest absolute Gasteiger partial charge is 0.481 e. The molecule has 3 aromatic rings. The van der Waals surface area contributed by atoms with Crippen LogP contribution in [0.25, 0.3) is 5.69 Å². The molecule has 1 aromatic heterocycles. The molecule has 0 bridgehead atoms. The summed E-state index contributed by atoms with van der Waals surface area (Å²) in [6.07, 6.45) is 1.76. The Morgan fingerprint density at radius 2 is 1.96 bits per heavy atom. The minimum atomic E-state index is -0.832. The highest BCUT2D eigenvalue weighted by molar-refractivity contribution is 5.70. The molecule has 0 saturated carbocycles. The van der Waals surface area contributed by atoms with Gasteiger partial charge in [-0.25, -0.2) is 4.68 Å². The average Bonchev–Trinajstić information content (AvgIpc) is 3.03. The van der Waals surface area contributed by atoms with Crippen LogP contribution < -0.4 is 4.90 Å². The van der Waals surface area contributed by atoms with Gasteiger partial charge in [0.15, 0.2) is 0 Å². The average molecular weight is 322 g/mol. The van der Waals surface area contributed by atoms with Crippen LogP contribution in [0, 0.1) is 0 Å². The van der Waals surface area contributed by atoms with Gasteiger partial charge in [0.25, 0.3) is 0 Å². The molecule has 0 fully saturated rings. The van der Waals surface area contributed by atoms with Gasteiger partial charge in [0.1, 0.15) is 0 Å². The number of benzene rings is 2. The zero-order valence-corrected chi connectivity index (χ0v) is 13.3. The molecule has 0 radical (unpaired) electrons. The van der Waals surface area contributed by atoms with Crippen molar-refractivity contribution < 1.29 is 9.90 Å². The Morgan fingerprint density at radius 3 is 2.71 bits per heavy atom. The summed E-state index contributed by atoms with van der Waals surface area (Å²) in [7, 11) is 1.96. The van der Waals surface area contributed by atoms with Crippen molar-refractivity contribution in [2.75, 3.05) is 11.9 Å². The summed E-state index contributed by atoms with van der Waals surface area (Å²) in [6.45, 7) is 0.610. The maximum Gasteiger partial charge on any atom is 0.307 e. The summed E-state index contributed by atoms with van der Waals surface area (Å²) in [5, 5.41) is 17.1. The van der Waals surface area contributed by atoms with E-state index in [0.717, 1.165) is 22.6 Å². The molecule has 0 amide bonds. The predicted octanol–water partition coefficient (Wildman–Crippen LogP) is 2.53. The van der Waals surface area contributed by atoms with Gasteiger partial charge in [0.2, 0.25) is 0 Å². The predicted molar refractivity (Wildman–Crippen MR) is 91.2 cm³/mol. The third-order valence-corrected chi connectivity index (χ3v) is 3.73. The van der Waals surface area contributed by atoms with E-state index in [0.29, 0.717) is 6.54 Å². The highest BCUT2D eigenvalue weighted by Crippen LogP contribution is 2.18. The number of aliphatic carboxylic acids is 1. The first-order valence-electron chi connectivity index (χ1n) is 7.60. The molecule has 6 nitrogen and oxygen atoms in total. The highest BCUT2D eigenvalue weighted by Gasteiger charge is 2.10. The molecule has 0 aliphatic heterocycles. The van der Waals surface area contributed by atoms with Crippen LogP contribution >= 0.6 is 0 Å². The minimum Gasteiger partial charge on any atom is -0.481 e. The van der Waals surface area contributed by atoms with Crippen LogP contribution in [-0.4, -0.2) is 33.1 Å². The van der Waals surface area contributed by atoms with Crippen LogP contribution in [0.1, 0.15) is 11.3 Å². The van der Waals surface area contributed by atoms with Crippen LogP contribution in [0.4, 0.5) is 5.69 Å². The Bertz CT molecular complexity index is 830. The van der Waals surface area contributed by atoms with E-state index in [9.17, 15) is 4.79 Å². The lowest BCUT2D eigenvalue weighted by Crippen LogP contribution is -2.19. The van der Waals surface area contributed by atoms with Gasteiger partial charge in [-0.3, -0.25) is 4.79 Å². The number of hydrogen-bond donors (Lipinski definition) is 1. The van der Waals surface area contributed by atoms with Gasteiger partial charge < -0.3 is 10.0 Å². The van der Waals surface area contributed by atoms with Crippen LogP contribution in [0.15, 0.2) is 60.8 Å². The number of rotatable bonds is 6. The van der Waals surface area contributed by atoms with Gasteiger partial charge in [0, 0.05) is 12.7 Å². The lowest BCUT2D eigenvalue weighted by Gasteiger charge is -2.20. The molecular weight excluding hydrogens is 304 g/mol. The Hall–Kier alpha value is -3.15. The van der Waals surface area contributed by atoms with Crippen LogP contribution in [0.3, 0.4) is 0 Å².